The first-order valence-electron chi connectivity index (χ1n) is 9.22. The van der Waals surface area contributed by atoms with Crippen LogP contribution in [-0.4, -0.2) is 29.3 Å². The fourth-order valence-corrected chi connectivity index (χ4v) is 3.52. The first-order chi connectivity index (χ1) is 13.5. The van der Waals surface area contributed by atoms with Gasteiger partial charge in [0.2, 0.25) is 5.91 Å². The Morgan fingerprint density at radius 3 is 2.46 bits per heavy atom. The molecule has 1 heterocycles. The van der Waals surface area contributed by atoms with E-state index in [1.165, 1.54) is 0 Å². The Balaban J connectivity index is 1.81. The minimum atomic E-state index is -1.14. The van der Waals surface area contributed by atoms with Gasteiger partial charge in [0.1, 0.15) is 12.1 Å². The molecule has 0 saturated carbocycles. The van der Waals surface area contributed by atoms with Crippen LogP contribution in [0.2, 0.25) is 5.02 Å². The number of urea groups is 1. The lowest BCUT2D eigenvalue weighted by molar-refractivity contribution is -0.134. The molecule has 4 amide bonds. The first-order valence-corrected chi connectivity index (χ1v) is 9.60. The van der Waals surface area contributed by atoms with Crippen LogP contribution in [0, 0.1) is 0 Å². The first kappa shape index (κ1) is 19.9. The van der Waals surface area contributed by atoms with E-state index in [1.807, 2.05) is 37.3 Å². The molecule has 0 aromatic heterocycles. The molecule has 1 aliphatic heterocycles. The summed E-state index contributed by atoms with van der Waals surface area (Å²) in [5.74, 6) is -0.901. The van der Waals surface area contributed by atoms with Crippen LogP contribution in [0.4, 0.5) is 10.5 Å². The predicted molar refractivity (Wildman–Crippen MR) is 108 cm³/mol. The highest BCUT2D eigenvalue weighted by Gasteiger charge is 2.52. The quantitative estimate of drug-likeness (QED) is 0.692. The highest BCUT2D eigenvalue weighted by molar-refractivity contribution is 6.33. The number of carbonyl (C=O) groups excluding carboxylic acids is 3. The number of unbranched alkanes of at least 4 members (excludes halogenated alkanes) is 1. The topological polar surface area (TPSA) is 78.5 Å². The van der Waals surface area contributed by atoms with E-state index in [2.05, 4.69) is 10.6 Å². The second kappa shape index (κ2) is 8.44. The van der Waals surface area contributed by atoms with E-state index in [4.69, 9.17) is 11.6 Å². The fraction of sp³-hybridized carbons (Fsp3) is 0.286. The molecule has 1 saturated heterocycles. The number of para-hydroxylation sites is 1. The van der Waals surface area contributed by atoms with E-state index in [9.17, 15) is 14.4 Å². The van der Waals surface area contributed by atoms with Crippen LogP contribution in [0.25, 0.3) is 0 Å². The highest BCUT2D eigenvalue weighted by atomic mass is 35.5. The third-order valence-electron chi connectivity index (χ3n) is 4.80. The number of rotatable bonds is 7. The lowest BCUT2D eigenvalue weighted by atomic mass is 9.85. The van der Waals surface area contributed by atoms with Gasteiger partial charge in [-0.25, -0.2) is 4.79 Å². The Morgan fingerprint density at radius 1 is 1.11 bits per heavy atom. The zero-order chi connectivity index (χ0) is 20.1. The maximum Gasteiger partial charge on any atom is 0.325 e. The molecule has 0 aliphatic carbocycles. The molecule has 7 heteroatoms. The smallest absolute Gasteiger partial charge is 0.323 e. The third-order valence-corrected chi connectivity index (χ3v) is 5.13. The Morgan fingerprint density at radius 2 is 1.79 bits per heavy atom. The van der Waals surface area contributed by atoms with Crippen molar-refractivity contribution in [2.24, 2.45) is 0 Å². The number of hydrogen-bond acceptors (Lipinski definition) is 3. The number of benzene rings is 2. The van der Waals surface area contributed by atoms with Crippen molar-refractivity contribution in [2.45, 2.75) is 31.7 Å². The lowest BCUT2D eigenvalue weighted by Crippen LogP contribution is -2.44. The summed E-state index contributed by atoms with van der Waals surface area (Å²) in [7, 11) is 0. The van der Waals surface area contributed by atoms with Crippen LogP contribution in [0.5, 0.6) is 0 Å². The number of hydrogen-bond donors (Lipinski definition) is 2. The SMILES string of the molecule is CCCCC1(c2ccccc2)NC(=O)N(CC(=O)Nc2ccccc2Cl)C1=O. The fourth-order valence-electron chi connectivity index (χ4n) is 3.34. The Kier molecular flexibility index (Phi) is 5.99. The van der Waals surface area contributed by atoms with E-state index in [-0.39, 0.29) is 6.54 Å². The Labute approximate surface area is 168 Å². The second-order valence-electron chi connectivity index (χ2n) is 6.72. The van der Waals surface area contributed by atoms with Crippen molar-refractivity contribution >= 4 is 35.1 Å². The highest BCUT2D eigenvalue weighted by Crippen LogP contribution is 2.34. The van der Waals surface area contributed by atoms with Crippen LogP contribution in [-0.2, 0) is 15.1 Å². The standard InChI is InChI=1S/C21H22ClN3O3/c1-2-3-13-21(15-9-5-4-6-10-15)19(27)25(20(28)24-21)14-18(26)23-17-12-8-7-11-16(17)22/h4-12H,2-3,13-14H2,1H3,(H,23,26)(H,24,28). The van der Waals surface area contributed by atoms with Crippen molar-refractivity contribution < 1.29 is 14.4 Å². The third kappa shape index (κ3) is 3.87. The molecule has 1 unspecified atom stereocenters. The van der Waals surface area contributed by atoms with Gasteiger partial charge in [-0.3, -0.25) is 14.5 Å². The molecular weight excluding hydrogens is 378 g/mol. The number of nitrogens with one attached hydrogen (secondary N) is 2. The van der Waals surface area contributed by atoms with Gasteiger partial charge >= 0.3 is 6.03 Å². The van der Waals surface area contributed by atoms with Crippen molar-refractivity contribution in [2.75, 3.05) is 11.9 Å². The molecule has 1 fully saturated rings. The number of anilines is 1. The molecular formula is C21H22ClN3O3. The largest absolute Gasteiger partial charge is 0.325 e. The van der Waals surface area contributed by atoms with Crippen molar-refractivity contribution in [1.82, 2.24) is 10.2 Å². The molecule has 0 bridgehead atoms. The van der Waals surface area contributed by atoms with Crippen LogP contribution < -0.4 is 10.6 Å². The normalized spacial score (nSPS) is 18.9. The number of amides is 4. The molecule has 2 aromatic carbocycles. The van der Waals surface area contributed by atoms with Crippen LogP contribution >= 0.6 is 11.6 Å². The van der Waals surface area contributed by atoms with E-state index in [0.29, 0.717) is 17.1 Å². The molecule has 1 atom stereocenters. The van der Waals surface area contributed by atoms with Crippen LogP contribution in [0.3, 0.4) is 0 Å². The number of halogens is 1. The summed E-state index contributed by atoms with van der Waals surface area (Å²) in [6.07, 6.45) is 2.12. The van der Waals surface area contributed by atoms with Crippen molar-refractivity contribution in [3.63, 3.8) is 0 Å². The van der Waals surface area contributed by atoms with Gasteiger partial charge in [0.05, 0.1) is 10.7 Å². The molecule has 0 radical (unpaired) electrons. The lowest BCUT2D eigenvalue weighted by Gasteiger charge is -2.27. The minimum absolute atomic E-state index is 0.378. The van der Waals surface area contributed by atoms with Crippen LogP contribution in [0.15, 0.2) is 54.6 Å². The Hall–Kier alpha value is -2.86. The average Bonchev–Trinajstić information content (AvgIpc) is 2.94. The van der Waals surface area contributed by atoms with Crippen molar-refractivity contribution in [1.29, 1.82) is 0 Å². The molecule has 2 N–H and O–H groups in total. The van der Waals surface area contributed by atoms with E-state index >= 15 is 0 Å². The number of carbonyl (C=O) groups is 3. The van der Waals surface area contributed by atoms with Gasteiger partial charge in [-0.05, 0) is 24.1 Å². The molecule has 146 valence electrons. The van der Waals surface area contributed by atoms with Gasteiger partial charge in [0, 0.05) is 0 Å². The van der Waals surface area contributed by atoms with Gasteiger partial charge in [-0.2, -0.15) is 0 Å². The van der Waals surface area contributed by atoms with Crippen molar-refractivity contribution in [3.05, 3.63) is 65.2 Å². The summed E-state index contributed by atoms with van der Waals surface area (Å²) in [6.45, 7) is 1.64. The zero-order valence-corrected chi connectivity index (χ0v) is 16.3. The molecule has 6 nitrogen and oxygen atoms in total. The molecule has 0 spiro atoms. The summed E-state index contributed by atoms with van der Waals surface area (Å²) in [4.78, 5) is 39.2. The van der Waals surface area contributed by atoms with Gasteiger partial charge in [-0.1, -0.05) is 73.8 Å². The van der Waals surface area contributed by atoms with Gasteiger partial charge < -0.3 is 10.6 Å². The predicted octanol–water partition coefficient (Wildman–Crippen LogP) is 3.92. The Bertz CT molecular complexity index is 887. The van der Waals surface area contributed by atoms with Gasteiger partial charge in [-0.15, -0.1) is 0 Å². The summed E-state index contributed by atoms with van der Waals surface area (Å²) >= 11 is 6.05. The minimum Gasteiger partial charge on any atom is -0.323 e. The monoisotopic (exact) mass is 399 g/mol. The maximum atomic E-state index is 13.2. The van der Waals surface area contributed by atoms with E-state index < -0.39 is 23.4 Å². The van der Waals surface area contributed by atoms with E-state index in [1.54, 1.807) is 24.3 Å². The van der Waals surface area contributed by atoms with E-state index in [0.717, 1.165) is 23.3 Å². The maximum absolute atomic E-state index is 13.2. The zero-order valence-electron chi connectivity index (χ0n) is 15.6. The van der Waals surface area contributed by atoms with Gasteiger partial charge in [0.15, 0.2) is 0 Å². The number of imide groups is 1. The van der Waals surface area contributed by atoms with Crippen LogP contribution in [0.1, 0.15) is 31.7 Å². The second-order valence-corrected chi connectivity index (χ2v) is 7.13. The molecule has 1 aliphatic rings. The molecule has 28 heavy (non-hydrogen) atoms. The summed E-state index contributed by atoms with van der Waals surface area (Å²) < 4.78 is 0. The number of nitrogens with zero attached hydrogens (tertiary/aromatic N) is 1. The summed E-state index contributed by atoms with van der Waals surface area (Å²) in [5.41, 5.74) is 0.0105. The van der Waals surface area contributed by atoms with Gasteiger partial charge in [0.25, 0.3) is 5.91 Å². The summed E-state index contributed by atoms with van der Waals surface area (Å²) in [6, 6.07) is 15.4. The average molecular weight is 400 g/mol. The van der Waals surface area contributed by atoms with Crippen molar-refractivity contribution in [3.8, 4) is 0 Å². The molecule has 3 rings (SSSR count). The summed E-state index contributed by atoms with van der Waals surface area (Å²) in [5, 5.41) is 5.86. The molecule has 2 aromatic rings.